The lowest BCUT2D eigenvalue weighted by Gasteiger charge is -2.05. The van der Waals surface area contributed by atoms with Crippen molar-refractivity contribution in [3.63, 3.8) is 0 Å². The molecule has 3 rings (SSSR count). The number of amides is 1. The van der Waals surface area contributed by atoms with Gasteiger partial charge in [0.2, 0.25) is 0 Å². The van der Waals surface area contributed by atoms with E-state index < -0.39 is 0 Å². The molecule has 1 aromatic heterocycles. The minimum Gasteiger partial charge on any atom is -0.334 e. The molecule has 0 saturated carbocycles. The fourth-order valence-corrected chi connectivity index (χ4v) is 2.04. The topological polar surface area (TPSA) is 68.0 Å². The van der Waals surface area contributed by atoms with E-state index in [2.05, 4.69) is 15.5 Å². The van der Waals surface area contributed by atoms with Crippen molar-refractivity contribution in [2.24, 2.45) is 0 Å². The van der Waals surface area contributed by atoms with Crippen LogP contribution in [0.1, 0.15) is 16.2 Å². The van der Waals surface area contributed by atoms with Gasteiger partial charge in [0.15, 0.2) is 5.82 Å². The number of carbonyl (C=O) groups is 1. The molecule has 5 nitrogen and oxygen atoms in total. The first kappa shape index (κ1) is 14.3. The summed E-state index contributed by atoms with van der Waals surface area (Å²) in [5, 5.41) is 7.16. The summed E-state index contributed by atoms with van der Waals surface area (Å²) in [6.45, 7) is 1.75. The molecule has 0 aliphatic heterocycles. The first-order chi connectivity index (χ1) is 10.6. The summed E-state index contributed by atoms with van der Waals surface area (Å²) in [4.78, 5) is 16.3. The van der Waals surface area contributed by atoms with Crippen LogP contribution in [0.15, 0.2) is 53.1 Å². The van der Waals surface area contributed by atoms with Crippen LogP contribution in [-0.2, 0) is 0 Å². The summed E-state index contributed by atoms with van der Waals surface area (Å²) in [7, 11) is 0. The number of nitrogens with zero attached hydrogens (tertiary/aromatic N) is 2. The molecule has 0 spiro atoms. The van der Waals surface area contributed by atoms with Crippen LogP contribution in [0.2, 0.25) is 5.02 Å². The molecule has 110 valence electrons. The number of anilines is 1. The van der Waals surface area contributed by atoms with Crippen molar-refractivity contribution >= 4 is 23.2 Å². The molecule has 1 N–H and O–H groups in total. The zero-order valence-corrected chi connectivity index (χ0v) is 12.5. The summed E-state index contributed by atoms with van der Waals surface area (Å²) in [6.07, 6.45) is 0. The van der Waals surface area contributed by atoms with E-state index in [1.54, 1.807) is 55.5 Å². The highest BCUT2D eigenvalue weighted by atomic mass is 35.5. The predicted octanol–water partition coefficient (Wildman–Crippen LogP) is 3.95. The Morgan fingerprint density at radius 3 is 2.36 bits per heavy atom. The Morgan fingerprint density at radius 1 is 1.09 bits per heavy atom. The van der Waals surface area contributed by atoms with Gasteiger partial charge in [-0.3, -0.25) is 4.79 Å². The van der Waals surface area contributed by atoms with E-state index in [0.29, 0.717) is 28.0 Å². The zero-order chi connectivity index (χ0) is 15.5. The molecule has 3 aromatic rings. The highest BCUT2D eigenvalue weighted by Crippen LogP contribution is 2.19. The molecule has 6 heteroatoms. The second-order valence-electron chi connectivity index (χ2n) is 4.69. The van der Waals surface area contributed by atoms with E-state index in [1.165, 1.54) is 0 Å². The van der Waals surface area contributed by atoms with E-state index >= 15 is 0 Å². The maximum absolute atomic E-state index is 12.2. The number of aromatic nitrogens is 2. The maximum atomic E-state index is 12.2. The van der Waals surface area contributed by atoms with Gasteiger partial charge in [-0.2, -0.15) is 4.98 Å². The van der Waals surface area contributed by atoms with Crippen molar-refractivity contribution < 1.29 is 9.32 Å². The second-order valence-corrected chi connectivity index (χ2v) is 5.12. The van der Waals surface area contributed by atoms with Crippen LogP contribution < -0.4 is 5.32 Å². The Morgan fingerprint density at radius 2 is 1.77 bits per heavy atom. The molecule has 22 heavy (non-hydrogen) atoms. The maximum Gasteiger partial charge on any atom is 0.257 e. The third-order valence-corrected chi connectivity index (χ3v) is 3.28. The van der Waals surface area contributed by atoms with Crippen molar-refractivity contribution in [2.75, 3.05) is 5.32 Å². The highest BCUT2D eigenvalue weighted by molar-refractivity contribution is 6.30. The molecular formula is C16H12ClN3O2. The van der Waals surface area contributed by atoms with E-state index in [-0.39, 0.29) is 5.91 Å². The normalized spacial score (nSPS) is 10.5. The van der Waals surface area contributed by atoms with Gasteiger partial charge in [-0.05, 0) is 55.5 Å². The SMILES string of the molecule is Cc1noc(-c2ccc(C(=O)Nc3ccc(Cl)cc3)cc2)n1. The zero-order valence-electron chi connectivity index (χ0n) is 11.7. The van der Waals surface area contributed by atoms with E-state index in [0.717, 1.165) is 5.56 Å². The van der Waals surface area contributed by atoms with Gasteiger partial charge < -0.3 is 9.84 Å². The van der Waals surface area contributed by atoms with Crippen LogP contribution in [0.25, 0.3) is 11.5 Å². The van der Waals surface area contributed by atoms with E-state index in [9.17, 15) is 4.79 Å². The molecule has 0 aliphatic rings. The lowest BCUT2D eigenvalue weighted by molar-refractivity contribution is 0.102. The number of benzene rings is 2. The predicted molar refractivity (Wildman–Crippen MR) is 83.9 cm³/mol. The van der Waals surface area contributed by atoms with Gasteiger partial charge in [-0.15, -0.1) is 0 Å². The molecule has 2 aromatic carbocycles. The van der Waals surface area contributed by atoms with E-state index in [1.807, 2.05) is 0 Å². The molecule has 0 atom stereocenters. The van der Waals surface area contributed by atoms with Crippen molar-refractivity contribution in [3.05, 3.63) is 64.9 Å². The minimum absolute atomic E-state index is 0.199. The molecule has 1 amide bonds. The smallest absolute Gasteiger partial charge is 0.257 e. The average molecular weight is 314 g/mol. The largest absolute Gasteiger partial charge is 0.334 e. The van der Waals surface area contributed by atoms with Gasteiger partial charge in [0.25, 0.3) is 11.8 Å². The highest BCUT2D eigenvalue weighted by Gasteiger charge is 2.09. The summed E-state index contributed by atoms with van der Waals surface area (Å²) in [6, 6.07) is 13.9. The molecule has 1 heterocycles. The van der Waals surface area contributed by atoms with Gasteiger partial charge in [0.05, 0.1) is 0 Å². The Balaban J connectivity index is 1.74. The molecular weight excluding hydrogens is 302 g/mol. The van der Waals surface area contributed by atoms with Crippen LogP contribution in [0, 0.1) is 6.92 Å². The van der Waals surface area contributed by atoms with Gasteiger partial charge in [-0.1, -0.05) is 16.8 Å². The molecule has 0 radical (unpaired) electrons. The molecule has 0 bridgehead atoms. The standard InChI is InChI=1S/C16H12ClN3O2/c1-10-18-16(22-20-10)12-4-2-11(3-5-12)15(21)19-14-8-6-13(17)7-9-14/h2-9H,1H3,(H,19,21). The summed E-state index contributed by atoms with van der Waals surface area (Å²) >= 11 is 5.81. The van der Waals surface area contributed by atoms with Crippen LogP contribution in [-0.4, -0.2) is 16.0 Å². The van der Waals surface area contributed by atoms with Crippen molar-refractivity contribution in [3.8, 4) is 11.5 Å². The van der Waals surface area contributed by atoms with Crippen LogP contribution >= 0.6 is 11.6 Å². The number of aryl methyl sites for hydroxylation is 1. The van der Waals surface area contributed by atoms with Crippen molar-refractivity contribution in [1.82, 2.24) is 10.1 Å². The third-order valence-electron chi connectivity index (χ3n) is 3.02. The number of carbonyl (C=O) groups excluding carboxylic acids is 1. The number of hydrogen-bond acceptors (Lipinski definition) is 4. The van der Waals surface area contributed by atoms with Gasteiger partial charge in [0, 0.05) is 21.8 Å². The Bertz CT molecular complexity index is 795. The summed E-state index contributed by atoms with van der Waals surface area (Å²) < 4.78 is 5.08. The van der Waals surface area contributed by atoms with Crippen molar-refractivity contribution in [1.29, 1.82) is 0 Å². The Hall–Kier alpha value is -2.66. The Kier molecular flexibility index (Phi) is 3.89. The summed E-state index contributed by atoms with van der Waals surface area (Å²) in [5.41, 5.74) is 1.99. The van der Waals surface area contributed by atoms with E-state index in [4.69, 9.17) is 16.1 Å². The first-order valence-corrected chi connectivity index (χ1v) is 6.97. The average Bonchev–Trinajstić information content (AvgIpc) is 2.96. The van der Waals surface area contributed by atoms with Crippen LogP contribution in [0.3, 0.4) is 0 Å². The monoisotopic (exact) mass is 313 g/mol. The summed E-state index contributed by atoms with van der Waals surface area (Å²) in [5.74, 6) is 0.803. The quantitative estimate of drug-likeness (QED) is 0.795. The molecule has 0 fully saturated rings. The molecule has 0 unspecified atom stereocenters. The lowest BCUT2D eigenvalue weighted by atomic mass is 10.1. The number of hydrogen-bond donors (Lipinski definition) is 1. The fraction of sp³-hybridized carbons (Fsp3) is 0.0625. The number of nitrogens with one attached hydrogen (secondary N) is 1. The second kappa shape index (κ2) is 5.99. The molecule has 0 aliphatic carbocycles. The van der Waals surface area contributed by atoms with Gasteiger partial charge in [0.1, 0.15) is 0 Å². The first-order valence-electron chi connectivity index (χ1n) is 6.59. The number of halogens is 1. The van der Waals surface area contributed by atoms with Crippen LogP contribution in [0.4, 0.5) is 5.69 Å². The van der Waals surface area contributed by atoms with Gasteiger partial charge in [-0.25, -0.2) is 0 Å². The third kappa shape index (κ3) is 3.15. The van der Waals surface area contributed by atoms with Gasteiger partial charge >= 0.3 is 0 Å². The lowest BCUT2D eigenvalue weighted by Crippen LogP contribution is -2.11. The van der Waals surface area contributed by atoms with Crippen molar-refractivity contribution in [2.45, 2.75) is 6.92 Å². The fourth-order valence-electron chi connectivity index (χ4n) is 1.91. The minimum atomic E-state index is -0.199. The van der Waals surface area contributed by atoms with Crippen LogP contribution in [0.5, 0.6) is 0 Å². The number of rotatable bonds is 3. The Labute approximate surface area is 131 Å². The molecule has 0 saturated heterocycles.